The van der Waals surface area contributed by atoms with Gasteiger partial charge < -0.3 is 15.8 Å². The van der Waals surface area contributed by atoms with E-state index in [1.54, 1.807) is 29.2 Å². The van der Waals surface area contributed by atoms with E-state index in [-0.39, 0.29) is 23.5 Å². The predicted octanol–water partition coefficient (Wildman–Crippen LogP) is 2.70. The second kappa shape index (κ2) is 7.78. The standard InChI is InChI=1S/C24H25N5O3/c1-29-14-17(13-27-29)15-4-2-5-16(8-15)22(31)28-18-9-24(10-18)11-19(12-24)32-23-20(21(25)30)6-3-7-26-23/h2-8,13-14,18-19H,9-12H2,1H3,(H2,25,30)(H,28,31). The predicted molar refractivity (Wildman–Crippen MR) is 118 cm³/mol. The van der Waals surface area contributed by atoms with Gasteiger partial charge in [0.05, 0.1) is 6.20 Å². The number of pyridine rings is 1. The number of ether oxygens (including phenoxy) is 1. The third-order valence-corrected chi connectivity index (χ3v) is 6.49. The molecule has 32 heavy (non-hydrogen) atoms. The molecule has 0 bridgehead atoms. The van der Waals surface area contributed by atoms with Crippen molar-refractivity contribution in [2.45, 2.75) is 37.8 Å². The zero-order valence-electron chi connectivity index (χ0n) is 17.8. The maximum atomic E-state index is 12.8. The Hall–Kier alpha value is -3.68. The van der Waals surface area contributed by atoms with Crippen molar-refractivity contribution < 1.29 is 14.3 Å². The second-order valence-electron chi connectivity index (χ2n) is 8.93. The van der Waals surface area contributed by atoms with Gasteiger partial charge in [-0.1, -0.05) is 12.1 Å². The van der Waals surface area contributed by atoms with Crippen LogP contribution in [0.15, 0.2) is 55.0 Å². The van der Waals surface area contributed by atoms with Gasteiger partial charge in [0.15, 0.2) is 0 Å². The SMILES string of the molecule is Cn1cc(-c2cccc(C(=O)NC3CC4(C3)CC(Oc3ncccc3C(N)=O)C4)c2)cn1. The lowest BCUT2D eigenvalue weighted by Gasteiger charge is -2.57. The number of carbonyl (C=O) groups excluding carboxylic acids is 2. The van der Waals surface area contributed by atoms with E-state index in [1.807, 2.05) is 37.5 Å². The Balaban J connectivity index is 1.13. The molecule has 0 atom stereocenters. The van der Waals surface area contributed by atoms with E-state index in [1.165, 1.54) is 0 Å². The Morgan fingerprint density at radius 2 is 1.97 bits per heavy atom. The summed E-state index contributed by atoms with van der Waals surface area (Å²) in [7, 11) is 1.87. The van der Waals surface area contributed by atoms with Crippen LogP contribution in [-0.4, -0.2) is 38.7 Å². The van der Waals surface area contributed by atoms with Gasteiger partial charge in [0.25, 0.3) is 11.8 Å². The van der Waals surface area contributed by atoms with Gasteiger partial charge in [0.2, 0.25) is 5.88 Å². The Kier molecular flexibility index (Phi) is 4.92. The number of nitrogens with one attached hydrogen (secondary N) is 1. The first kappa shape index (κ1) is 20.2. The molecule has 5 rings (SSSR count). The van der Waals surface area contributed by atoms with Crippen LogP contribution in [0, 0.1) is 5.41 Å². The number of hydrogen-bond acceptors (Lipinski definition) is 5. The summed E-state index contributed by atoms with van der Waals surface area (Å²) in [5.41, 5.74) is 8.51. The number of benzene rings is 1. The summed E-state index contributed by atoms with van der Waals surface area (Å²) in [5.74, 6) is -0.291. The lowest BCUT2D eigenvalue weighted by atomic mass is 9.53. The van der Waals surface area contributed by atoms with Gasteiger partial charge in [-0.15, -0.1) is 0 Å². The molecule has 3 N–H and O–H groups in total. The van der Waals surface area contributed by atoms with Gasteiger partial charge in [-0.3, -0.25) is 14.3 Å². The van der Waals surface area contributed by atoms with Crippen molar-refractivity contribution >= 4 is 11.8 Å². The van der Waals surface area contributed by atoms with Crippen LogP contribution in [0.25, 0.3) is 11.1 Å². The van der Waals surface area contributed by atoms with Crippen LogP contribution in [0.1, 0.15) is 46.4 Å². The van der Waals surface area contributed by atoms with Crippen LogP contribution in [0.3, 0.4) is 0 Å². The highest BCUT2D eigenvalue weighted by Gasteiger charge is 2.54. The zero-order chi connectivity index (χ0) is 22.3. The average Bonchev–Trinajstić information content (AvgIpc) is 3.17. The molecular formula is C24H25N5O3. The van der Waals surface area contributed by atoms with E-state index < -0.39 is 5.91 Å². The van der Waals surface area contributed by atoms with Gasteiger partial charge in [0, 0.05) is 36.6 Å². The summed E-state index contributed by atoms with van der Waals surface area (Å²) in [5, 5.41) is 7.35. The molecule has 0 radical (unpaired) electrons. The minimum atomic E-state index is -0.541. The monoisotopic (exact) mass is 431 g/mol. The highest BCUT2D eigenvalue weighted by molar-refractivity contribution is 5.96. The topological polar surface area (TPSA) is 112 Å². The first-order valence-electron chi connectivity index (χ1n) is 10.7. The zero-order valence-corrected chi connectivity index (χ0v) is 17.8. The van der Waals surface area contributed by atoms with E-state index in [0.29, 0.717) is 17.0 Å². The summed E-state index contributed by atoms with van der Waals surface area (Å²) in [6, 6.07) is 11.1. The Morgan fingerprint density at radius 3 is 2.69 bits per heavy atom. The van der Waals surface area contributed by atoms with Gasteiger partial charge in [0.1, 0.15) is 11.7 Å². The molecule has 2 saturated carbocycles. The molecule has 2 aliphatic rings. The number of carbonyl (C=O) groups is 2. The van der Waals surface area contributed by atoms with Crippen molar-refractivity contribution in [3.05, 3.63) is 66.1 Å². The third kappa shape index (κ3) is 3.84. The van der Waals surface area contributed by atoms with Crippen molar-refractivity contribution in [3.8, 4) is 17.0 Å². The van der Waals surface area contributed by atoms with Gasteiger partial charge in [-0.25, -0.2) is 4.98 Å². The number of aromatic nitrogens is 3. The van der Waals surface area contributed by atoms with Crippen LogP contribution in [-0.2, 0) is 7.05 Å². The first-order chi connectivity index (χ1) is 15.4. The van der Waals surface area contributed by atoms with Gasteiger partial charge in [-0.2, -0.15) is 5.10 Å². The maximum Gasteiger partial charge on any atom is 0.254 e. The number of aryl methyl sites for hydroxylation is 1. The number of primary amides is 1. The summed E-state index contributed by atoms with van der Waals surface area (Å²) < 4.78 is 7.65. The Bertz CT molecular complexity index is 1170. The van der Waals surface area contributed by atoms with Crippen molar-refractivity contribution in [3.63, 3.8) is 0 Å². The molecule has 3 aromatic rings. The third-order valence-electron chi connectivity index (χ3n) is 6.49. The highest BCUT2D eigenvalue weighted by Crippen LogP contribution is 2.56. The number of hydrogen-bond donors (Lipinski definition) is 2. The molecule has 2 fully saturated rings. The molecule has 2 heterocycles. The molecule has 0 saturated heterocycles. The van der Waals surface area contributed by atoms with E-state index in [0.717, 1.165) is 36.8 Å². The molecule has 1 aromatic carbocycles. The molecule has 0 unspecified atom stereocenters. The van der Waals surface area contributed by atoms with Crippen LogP contribution in [0.4, 0.5) is 0 Å². The lowest BCUT2D eigenvalue weighted by molar-refractivity contribution is -0.0848. The van der Waals surface area contributed by atoms with Crippen LogP contribution in [0.2, 0.25) is 0 Å². The van der Waals surface area contributed by atoms with Gasteiger partial charge >= 0.3 is 0 Å². The quantitative estimate of drug-likeness (QED) is 0.623. The first-order valence-corrected chi connectivity index (χ1v) is 10.7. The van der Waals surface area contributed by atoms with E-state index in [9.17, 15) is 9.59 Å². The fraction of sp³-hybridized carbons (Fsp3) is 0.333. The van der Waals surface area contributed by atoms with Crippen LogP contribution >= 0.6 is 0 Å². The van der Waals surface area contributed by atoms with E-state index in [4.69, 9.17) is 10.5 Å². The molecule has 1 spiro atoms. The Morgan fingerprint density at radius 1 is 1.16 bits per heavy atom. The van der Waals surface area contributed by atoms with Crippen molar-refractivity contribution in [1.82, 2.24) is 20.1 Å². The molecule has 2 aromatic heterocycles. The summed E-state index contributed by atoms with van der Waals surface area (Å²) >= 11 is 0. The fourth-order valence-corrected chi connectivity index (χ4v) is 4.92. The summed E-state index contributed by atoms with van der Waals surface area (Å²) in [6.07, 6.45) is 9.00. The molecule has 2 amide bonds. The van der Waals surface area contributed by atoms with Crippen molar-refractivity contribution in [1.29, 1.82) is 0 Å². The second-order valence-corrected chi connectivity index (χ2v) is 8.93. The molecular weight excluding hydrogens is 406 g/mol. The lowest BCUT2D eigenvalue weighted by Crippen LogP contribution is -2.58. The van der Waals surface area contributed by atoms with Gasteiger partial charge in [-0.05, 0) is 60.9 Å². The molecule has 0 aliphatic heterocycles. The Labute approximate surface area is 185 Å². The number of rotatable bonds is 6. The van der Waals surface area contributed by atoms with E-state index in [2.05, 4.69) is 15.4 Å². The molecule has 8 nitrogen and oxygen atoms in total. The van der Waals surface area contributed by atoms with E-state index >= 15 is 0 Å². The van der Waals surface area contributed by atoms with Crippen LogP contribution in [0.5, 0.6) is 5.88 Å². The van der Waals surface area contributed by atoms with Crippen LogP contribution < -0.4 is 15.8 Å². The summed E-state index contributed by atoms with van der Waals surface area (Å²) in [4.78, 5) is 28.4. The van der Waals surface area contributed by atoms with Crippen molar-refractivity contribution in [2.75, 3.05) is 0 Å². The number of nitrogens with zero attached hydrogens (tertiary/aromatic N) is 3. The minimum Gasteiger partial charge on any atom is -0.474 e. The molecule has 164 valence electrons. The number of nitrogens with two attached hydrogens (primary N) is 1. The highest BCUT2D eigenvalue weighted by atomic mass is 16.5. The molecule has 8 heteroatoms. The number of amides is 2. The average molecular weight is 431 g/mol. The largest absolute Gasteiger partial charge is 0.474 e. The maximum absolute atomic E-state index is 12.8. The molecule has 2 aliphatic carbocycles. The van der Waals surface area contributed by atoms with Crippen molar-refractivity contribution in [2.24, 2.45) is 18.2 Å². The minimum absolute atomic E-state index is 0.0239. The smallest absolute Gasteiger partial charge is 0.254 e. The summed E-state index contributed by atoms with van der Waals surface area (Å²) in [6.45, 7) is 0. The normalized spacial score (nSPS) is 23.8. The fourth-order valence-electron chi connectivity index (χ4n) is 4.92.